The Labute approximate surface area is 194 Å². The number of thioether (sulfide) groups is 1. The van der Waals surface area contributed by atoms with E-state index >= 15 is 0 Å². The summed E-state index contributed by atoms with van der Waals surface area (Å²) in [6, 6.07) is 23.7. The van der Waals surface area contributed by atoms with Gasteiger partial charge in [-0.15, -0.1) is 10.2 Å². The zero-order valence-corrected chi connectivity index (χ0v) is 19.2. The highest BCUT2D eigenvalue weighted by Crippen LogP contribution is 2.48. The van der Waals surface area contributed by atoms with Gasteiger partial charge < -0.3 is 9.30 Å². The van der Waals surface area contributed by atoms with Crippen molar-refractivity contribution in [2.45, 2.75) is 14.9 Å². The average Bonchev–Trinajstić information content (AvgIpc) is 3.21. The van der Waals surface area contributed by atoms with Gasteiger partial charge in [-0.2, -0.15) is 0 Å². The summed E-state index contributed by atoms with van der Waals surface area (Å²) in [6.07, 6.45) is 0. The van der Waals surface area contributed by atoms with Gasteiger partial charge in [0.25, 0.3) is 0 Å². The molecular weight excluding hydrogens is 440 g/mol. The van der Waals surface area contributed by atoms with Crippen molar-refractivity contribution in [3.8, 4) is 17.1 Å². The van der Waals surface area contributed by atoms with E-state index in [1.807, 2.05) is 89.3 Å². The van der Waals surface area contributed by atoms with Gasteiger partial charge in [0.1, 0.15) is 5.75 Å². The van der Waals surface area contributed by atoms with Crippen molar-refractivity contribution in [2.75, 3.05) is 17.8 Å². The topological polar surface area (TPSA) is 60.3 Å². The Morgan fingerprint density at radius 3 is 2.19 bits per heavy atom. The second kappa shape index (κ2) is 8.72. The van der Waals surface area contributed by atoms with E-state index in [1.54, 1.807) is 18.9 Å². The molecule has 0 unspecified atom stereocenters. The number of hydrogen-bond acceptors (Lipinski definition) is 6. The molecule has 0 radical (unpaired) electrons. The van der Waals surface area contributed by atoms with Crippen LogP contribution in [0.3, 0.4) is 0 Å². The molecule has 0 saturated carbocycles. The van der Waals surface area contributed by atoms with Crippen LogP contribution in [-0.4, -0.2) is 33.5 Å². The van der Waals surface area contributed by atoms with E-state index in [0.717, 1.165) is 38.3 Å². The monoisotopic (exact) mass is 460 g/mol. The first-order valence-electron chi connectivity index (χ1n) is 10.0. The quantitative estimate of drug-likeness (QED) is 0.371. The van der Waals surface area contributed by atoms with Crippen LogP contribution in [0.5, 0.6) is 5.75 Å². The molecule has 0 atom stereocenters. The summed E-state index contributed by atoms with van der Waals surface area (Å²) in [6.45, 7) is 0. The number of para-hydroxylation sites is 2. The minimum atomic E-state index is 0.00389. The van der Waals surface area contributed by atoms with Gasteiger partial charge in [-0.1, -0.05) is 47.8 Å². The Balaban J connectivity index is 1.37. The van der Waals surface area contributed by atoms with Gasteiger partial charge in [-0.05, 0) is 48.5 Å². The van der Waals surface area contributed by atoms with Gasteiger partial charge >= 0.3 is 0 Å². The van der Waals surface area contributed by atoms with Crippen molar-refractivity contribution in [1.82, 2.24) is 14.8 Å². The molecule has 1 aliphatic rings. The van der Waals surface area contributed by atoms with Crippen molar-refractivity contribution in [3.63, 3.8) is 0 Å². The van der Waals surface area contributed by atoms with E-state index in [4.69, 9.17) is 4.74 Å². The van der Waals surface area contributed by atoms with Crippen LogP contribution in [0.1, 0.15) is 0 Å². The van der Waals surface area contributed by atoms with Crippen LogP contribution in [0.4, 0.5) is 11.4 Å². The zero-order valence-electron chi connectivity index (χ0n) is 17.6. The van der Waals surface area contributed by atoms with Gasteiger partial charge in [-0.25, -0.2) is 0 Å². The lowest BCUT2D eigenvalue weighted by Gasteiger charge is -2.30. The molecule has 5 rings (SSSR count). The number of methoxy groups -OCH3 is 1. The molecule has 0 aliphatic carbocycles. The van der Waals surface area contributed by atoms with Gasteiger partial charge in [0.15, 0.2) is 11.0 Å². The fourth-order valence-corrected chi connectivity index (χ4v) is 5.41. The molecule has 160 valence electrons. The summed E-state index contributed by atoms with van der Waals surface area (Å²) in [5.74, 6) is 1.79. The molecule has 0 bridgehead atoms. The molecule has 32 heavy (non-hydrogen) atoms. The van der Waals surface area contributed by atoms with Gasteiger partial charge in [0.05, 0.1) is 24.2 Å². The number of carbonyl (C=O) groups is 1. The molecule has 4 aromatic rings. The first kappa shape index (κ1) is 20.7. The molecule has 6 nitrogen and oxygen atoms in total. The van der Waals surface area contributed by atoms with Crippen LogP contribution in [0, 0.1) is 0 Å². The molecule has 2 heterocycles. The maximum Gasteiger partial charge on any atom is 0.242 e. The Bertz CT molecular complexity index is 1240. The summed E-state index contributed by atoms with van der Waals surface area (Å²) in [4.78, 5) is 17.3. The van der Waals surface area contributed by atoms with Crippen LogP contribution in [0.15, 0.2) is 87.7 Å². The maximum atomic E-state index is 13.4. The number of ether oxygens (including phenoxy) is 1. The van der Waals surface area contributed by atoms with Crippen molar-refractivity contribution in [3.05, 3.63) is 72.8 Å². The standard InChI is InChI=1S/C24H20N4O2S2/c1-27-23(16-11-13-17(30-2)14-12-16)25-26-24(27)31-15-22(29)28-18-7-3-5-9-20(18)32-21-10-6-4-8-19(21)28/h3-14H,15H2,1-2H3. The molecular formula is C24H20N4O2S2. The molecule has 0 saturated heterocycles. The molecule has 0 fully saturated rings. The SMILES string of the molecule is COc1ccc(-c2nnc(SCC(=O)N3c4ccccc4Sc4ccccc43)n2C)cc1. The van der Waals surface area contributed by atoms with Gasteiger partial charge in [-0.3, -0.25) is 9.69 Å². The molecule has 1 aromatic heterocycles. The van der Waals surface area contributed by atoms with Gasteiger partial charge in [0, 0.05) is 22.4 Å². The average molecular weight is 461 g/mol. The number of hydrogen-bond donors (Lipinski definition) is 0. The normalized spacial score (nSPS) is 12.2. The minimum absolute atomic E-state index is 0.00389. The molecule has 0 N–H and O–H groups in total. The Morgan fingerprint density at radius 1 is 0.938 bits per heavy atom. The van der Waals surface area contributed by atoms with Crippen molar-refractivity contribution in [1.29, 1.82) is 0 Å². The molecule has 0 spiro atoms. The third-order valence-electron chi connectivity index (χ3n) is 5.19. The summed E-state index contributed by atoms with van der Waals surface area (Å²) < 4.78 is 7.13. The minimum Gasteiger partial charge on any atom is -0.497 e. The number of amides is 1. The third-order valence-corrected chi connectivity index (χ3v) is 7.32. The largest absolute Gasteiger partial charge is 0.497 e. The predicted molar refractivity (Wildman–Crippen MR) is 128 cm³/mol. The van der Waals surface area contributed by atoms with Crippen LogP contribution in [0.2, 0.25) is 0 Å². The fourth-order valence-electron chi connectivity index (χ4n) is 3.60. The number of fused-ring (bicyclic) bond motifs is 2. The summed E-state index contributed by atoms with van der Waals surface area (Å²) >= 11 is 3.08. The van der Waals surface area contributed by atoms with Gasteiger partial charge in [0.2, 0.25) is 5.91 Å². The van der Waals surface area contributed by atoms with Crippen LogP contribution in [-0.2, 0) is 11.8 Å². The van der Waals surface area contributed by atoms with Crippen molar-refractivity contribution >= 4 is 40.8 Å². The highest BCUT2D eigenvalue weighted by atomic mass is 32.2. The van der Waals surface area contributed by atoms with E-state index in [9.17, 15) is 4.79 Å². The highest BCUT2D eigenvalue weighted by molar-refractivity contribution is 8.00. The maximum absolute atomic E-state index is 13.4. The van der Waals surface area contributed by atoms with Crippen LogP contribution in [0.25, 0.3) is 11.4 Å². The summed E-state index contributed by atoms with van der Waals surface area (Å²) in [5, 5.41) is 9.33. The lowest BCUT2D eigenvalue weighted by molar-refractivity contribution is -0.115. The van der Waals surface area contributed by atoms with Crippen LogP contribution >= 0.6 is 23.5 Å². The molecule has 8 heteroatoms. The number of anilines is 2. The van der Waals surface area contributed by atoms with E-state index in [1.165, 1.54) is 11.8 Å². The summed E-state index contributed by atoms with van der Waals surface area (Å²) in [7, 11) is 3.55. The lowest BCUT2D eigenvalue weighted by atomic mass is 10.2. The number of carbonyl (C=O) groups excluding carboxylic acids is 1. The van der Waals surface area contributed by atoms with E-state index in [0.29, 0.717) is 5.16 Å². The Hall–Kier alpha value is -3.23. The zero-order chi connectivity index (χ0) is 22.1. The molecule has 3 aromatic carbocycles. The van der Waals surface area contributed by atoms with Crippen molar-refractivity contribution < 1.29 is 9.53 Å². The molecule has 1 aliphatic heterocycles. The molecule has 1 amide bonds. The van der Waals surface area contributed by atoms with E-state index in [2.05, 4.69) is 10.2 Å². The number of nitrogens with zero attached hydrogens (tertiary/aromatic N) is 4. The Kier molecular flexibility index (Phi) is 5.63. The van der Waals surface area contributed by atoms with Crippen molar-refractivity contribution in [2.24, 2.45) is 7.05 Å². The second-order valence-electron chi connectivity index (χ2n) is 7.15. The third kappa shape index (κ3) is 3.76. The smallest absolute Gasteiger partial charge is 0.242 e. The lowest BCUT2D eigenvalue weighted by Crippen LogP contribution is -2.30. The van der Waals surface area contributed by atoms with E-state index in [-0.39, 0.29) is 11.7 Å². The Morgan fingerprint density at radius 2 is 1.56 bits per heavy atom. The highest BCUT2D eigenvalue weighted by Gasteiger charge is 2.28. The van der Waals surface area contributed by atoms with Crippen LogP contribution < -0.4 is 9.64 Å². The second-order valence-corrected chi connectivity index (χ2v) is 9.18. The number of aromatic nitrogens is 3. The number of rotatable bonds is 5. The first-order valence-corrected chi connectivity index (χ1v) is 11.8. The fraction of sp³-hybridized carbons (Fsp3) is 0.125. The summed E-state index contributed by atoms with van der Waals surface area (Å²) in [5.41, 5.74) is 2.77. The first-order chi connectivity index (χ1) is 15.7. The predicted octanol–water partition coefficient (Wildman–Crippen LogP) is 5.41. The number of benzene rings is 3. The van der Waals surface area contributed by atoms with E-state index < -0.39 is 0 Å².